The molecular weight excluding hydrogens is 122 g/mol. The number of carbonyl (C=O) groups excluding carboxylic acids is 1. The summed E-state index contributed by atoms with van der Waals surface area (Å²) in [4.78, 5) is 9.53. The SMILES string of the molecule is CC(C)CSN[C]=O. The minimum atomic E-state index is 0.626. The molecule has 0 bridgehead atoms. The Hall–Kier alpha value is -0.180. The van der Waals surface area contributed by atoms with Crippen LogP contribution in [0.4, 0.5) is 0 Å². The summed E-state index contributed by atoms with van der Waals surface area (Å²) in [7, 11) is 0. The van der Waals surface area contributed by atoms with Crippen LogP contribution < -0.4 is 4.72 Å². The molecule has 0 aromatic carbocycles. The third kappa shape index (κ3) is 5.82. The predicted molar refractivity (Wildman–Crippen MR) is 36.1 cm³/mol. The van der Waals surface area contributed by atoms with Crippen molar-refractivity contribution in [1.82, 2.24) is 4.72 Å². The summed E-state index contributed by atoms with van der Waals surface area (Å²) in [6, 6.07) is 0. The van der Waals surface area contributed by atoms with Crippen molar-refractivity contribution in [2.75, 3.05) is 5.75 Å². The Kier molecular flexibility index (Phi) is 4.85. The van der Waals surface area contributed by atoms with Crippen LogP contribution in [0.5, 0.6) is 0 Å². The zero-order valence-electron chi connectivity index (χ0n) is 5.10. The Morgan fingerprint density at radius 1 is 1.75 bits per heavy atom. The average Bonchev–Trinajstić information content (AvgIpc) is 1.66. The maximum atomic E-state index is 9.53. The molecule has 3 heteroatoms. The van der Waals surface area contributed by atoms with Gasteiger partial charge in [-0.05, 0) is 17.9 Å². The van der Waals surface area contributed by atoms with Crippen LogP contribution in [0.1, 0.15) is 13.8 Å². The molecular formula is C5H10NOS. The van der Waals surface area contributed by atoms with Gasteiger partial charge in [-0.2, -0.15) is 0 Å². The first-order valence-electron chi connectivity index (χ1n) is 2.51. The lowest BCUT2D eigenvalue weighted by Crippen LogP contribution is -2.02. The second-order valence-electron chi connectivity index (χ2n) is 1.91. The zero-order valence-corrected chi connectivity index (χ0v) is 5.92. The Morgan fingerprint density at radius 3 is 2.75 bits per heavy atom. The highest BCUT2D eigenvalue weighted by atomic mass is 32.2. The van der Waals surface area contributed by atoms with Gasteiger partial charge in [0.15, 0.2) is 0 Å². The third-order valence-electron chi connectivity index (χ3n) is 0.531. The van der Waals surface area contributed by atoms with Crippen molar-refractivity contribution in [3.63, 3.8) is 0 Å². The van der Waals surface area contributed by atoms with Crippen molar-refractivity contribution in [2.24, 2.45) is 5.92 Å². The van der Waals surface area contributed by atoms with Crippen molar-refractivity contribution in [1.29, 1.82) is 0 Å². The number of hydrogen-bond acceptors (Lipinski definition) is 2. The summed E-state index contributed by atoms with van der Waals surface area (Å²) < 4.78 is 2.39. The van der Waals surface area contributed by atoms with Gasteiger partial charge in [-0.15, -0.1) is 0 Å². The molecule has 1 radical (unpaired) electrons. The van der Waals surface area contributed by atoms with Crippen LogP contribution in [0.2, 0.25) is 0 Å². The third-order valence-corrected chi connectivity index (χ3v) is 1.59. The van der Waals surface area contributed by atoms with Crippen molar-refractivity contribution in [3.05, 3.63) is 0 Å². The predicted octanol–water partition coefficient (Wildman–Crippen LogP) is 0.947. The van der Waals surface area contributed by atoms with Gasteiger partial charge in [-0.25, -0.2) is 0 Å². The molecule has 0 spiro atoms. The lowest BCUT2D eigenvalue weighted by atomic mass is 10.3. The normalized spacial score (nSPS) is 9.38. The molecule has 0 aliphatic heterocycles. The van der Waals surface area contributed by atoms with Crippen LogP contribution >= 0.6 is 11.9 Å². The molecule has 0 fully saturated rings. The minimum absolute atomic E-state index is 0.626. The molecule has 0 unspecified atom stereocenters. The number of hydrogen-bond donors (Lipinski definition) is 1. The molecule has 1 N–H and O–H groups in total. The zero-order chi connectivity index (χ0) is 6.41. The monoisotopic (exact) mass is 132 g/mol. The summed E-state index contributed by atoms with van der Waals surface area (Å²) in [5, 5.41) is 0. The largest absolute Gasteiger partial charge is 0.320 e. The maximum Gasteiger partial charge on any atom is 0.320 e. The van der Waals surface area contributed by atoms with Crippen molar-refractivity contribution in [2.45, 2.75) is 13.8 Å². The molecule has 2 nitrogen and oxygen atoms in total. The van der Waals surface area contributed by atoms with Crippen LogP contribution in [0.3, 0.4) is 0 Å². The van der Waals surface area contributed by atoms with E-state index in [9.17, 15) is 4.79 Å². The van der Waals surface area contributed by atoms with E-state index in [1.165, 1.54) is 11.9 Å². The van der Waals surface area contributed by atoms with Gasteiger partial charge >= 0.3 is 6.41 Å². The van der Waals surface area contributed by atoms with Gasteiger partial charge in [0, 0.05) is 5.75 Å². The van der Waals surface area contributed by atoms with Gasteiger partial charge in [0.25, 0.3) is 0 Å². The lowest BCUT2D eigenvalue weighted by Gasteiger charge is -1.99. The van der Waals surface area contributed by atoms with Crippen molar-refractivity contribution in [3.8, 4) is 0 Å². The van der Waals surface area contributed by atoms with Crippen molar-refractivity contribution >= 4 is 18.4 Å². The second-order valence-corrected chi connectivity index (χ2v) is 2.74. The number of nitrogens with one attached hydrogen (secondary N) is 1. The highest BCUT2D eigenvalue weighted by Gasteiger charge is 1.90. The molecule has 8 heavy (non-hydrogen) atoms. The quantitative estimate of drug-likeness (QED) is 0.350. The van der Waals surface area contributed by atoms with Gasteiger partial charge in [-0.3, -0.25) is 9.52 Å². The maximum absolute atomic E-state index is 9.53. The first kappa shape index (κ1) is 7.82. The van der Waals surface area contributed by atoms with Gasteiger partial charge < -0.3 is 0 Å². The van der Waals surface area contributed by atoms with Crippen LogP contribution in [0, 0.1) is 5.92 Å². The van der Waals surface area contributed by atoms with E-state index in [4.69, 9.17) is 0 Å². The standard InChI is InChI=1S/C5H10NOS/c1-5(2)3-8-6-4-7/h5H,3H2,1-2H3,(H,6,7). The highest BCUT2D eigenvalue weighted by Crippen LogP contribution is 2.00. The van der Waals surface area contributed by atoms with Gasteiger partial charge in [-0.1, -0.05) is 13.8 Å². The molecule has 0 aliphatic rings. The average molecular weight is 132 g/mol. The Morgan fingerprint density at radius 2 is 2.38 bits per heavy atom. The molecule has 0 saturated carbocycles. The molecule has 0 saturated heterocycles. The van der Waals surface area contributed by atoms with E-state index in [0.29, 0.717) is 5.92 Å². The number of amides is 1. The Balaban J connectivity index is 2.81. The fourth-order valence-electron chi connectivity index (χ4n) is 0.238. The van der Waals surface area contributed by atoms with E-state index in [1.807, 2.05) is 0 Å². The highest BCUT2D eigenvalue weighted by molar-refractivity contribution is 7.97. The molecule has 0 aromatic heterocycles. The van der Waals surface area contributed by atoms with Gasteiger partial charge in [0.1, 0.15) is 0 Å². The molecule has 0 heterocycles. The smallest absolute Gasteiger partial charge is 0.292 e. The summed E-state index contributed by atoms with van der Waals surface area (Å²) in [6.45, 7) is 4.19. The second kappa shape index (κ2) is 4.97. The van der Waals surface area contributed by atoms with E-state index in [0.717, 1.165) is 5.75 Å². The fourth-order valence-corrected chi connectivity index (χ4v) is 0.713. The lowest BCUT2D eigenvalue weighted by molar-refractivity contribution is 0.554. The number of rotatable bonds is 4. The molecule has 0 atom stereocenters. The minimum Gasteiger partial charge on any atom is -0.292 e. The van der Waals surface area contributed by atoms with Gasteiger partial charge in [0.05, 0.1) is 0 Å². The summed E-state index contributed by atoms with van der Waals surface area (Å²) in [5.74, 6) is 1.58. The van der Waals surface area contributed by atoms with Crippen LogP contribution in [0.15, 0.2) is 0 Å². The van der Waals surface area contributed by atoms with Crippen LogP contribution in [-0.2, 0) is 4.79 Å². The van der Waals surface area contributed by atoms with Crippen LogP contribution in [0.25, 0.3) is 0 Å². The topological polar surface area (TPSA) is 29.1 Å². The Bertz CT molecular complexity index is 65.4. The van der Waals surface area contributed by atoms with Gasteiger partial charge in [0.2, 0.25) is 0 Å². The Labute approximate surface area is 54.2 Å². The van der Waals surface area contributed by atoms with E-state index in [-0.39, 0.29) is 0 Å². The molecule has 0 rings (SSSR count). The van der Waals surface area contributed by atoms with Crippen LogP contribution in [-0.4, -0.2) is 12.2 Å². The summed E-state index contributed by atoms with van der Waals surface area (Å²) in [6.07, 6.45) is 1.59. The van der Waals surface area contributed by atoms with E-state index in [1.54, 1.807) is 6.41 Å². The summed E-state index contributed by atoms with van der Waals surface area (Å²) >= 11 is 1.39. The fraction of sp³-hybridized carbons (Fsp3) is 0.800. The van der Waals surface area contributed by atoms with E-state index in [2.05, 4.69) is 18.6 Å². The molecule has 47 valence electrons. The van der Waals surface area contributed by atoms with E-state index < -0.39 is 0 Å². The molecule has 0 aliphatic carbocycles. The first-order valence-corrected chi connectivity index (χ1v) is 3.50. The molecule has 0 aromatic rings. The first-order chi connectivity index (χ1) is 3.77. The molecule has 1 amide bonds. The summed E-state index contributed by atoms with van der Waals surface area (Å²) in [5.41, 5.74) is 0. The van der Waals surface area contributed by atoms with Crippen molar-refractivity contribution < 1.29 is 4.79 Å². The van der Waals surface area contributed by atoms with E-state index >= 15 is 0 Å².